The molecule has 0 aliphatic carbocycles. The molecule has 0 saturated carbocycles. The molecule has 0 saturated heterocycles. The number of carbonyl (C=O) groups is 3. The van der Waals surface area contributed by atoms with E-state index in [0.717, 1.165) is 11.1 Å². The van der Waals surface area contributed by atoms with Gasteiger partial charge in [0.15, 0.2) is 5.78 Å². The van der Waals surface area contributed by atoms with Crippen LogP contribution in [0.25, 0.3) is 0 Å². The third kappa shape index (κ3) is 7.89. The molecule has 2 aromatic carbocycles. The van der Waals surface area contributed by atoms with E-state index in [2.05, 4.69) is 5.32 Å². The van der Waals surface area contributed by atoms with Crippen molar-refractivity contribution in [3.05, 3.63) is 71.8 Å². The average molecular weight is 426 g/mol. The fourth-order valence-corrected chi connectivity index (χ4v) is 3.33. The van der Waals surface area contributed by atoms with E-state index in [9.17, 15) is 14.4 Å². The van der Waals surface area contributed by atoms with E-state index >= 15 is 0 Å². The van der Waals surface area contributed by atoms with Gasteiger partial charge in [-0.3, -0.25) is 9.59 Å². The molecule has 2 rings (SSSR count). The second-order valence-electron chi connectivity index (χ2n) is 8.59. The van der Waals surface area contributed by atoms with Gasteiger partial charge in [-0.05, 0) is 23.0 Å². The number of amides is 1. The summed E-state index contributed by atoms with van der Waals surface area (Å²) < 4.78 is 10.2. The third-order valence-electron chi connectivity index (χ3n) is 4.97. The summed E-state index contributed by atoms with van der Waals surface area (Å²) in [5.74, 6) is -1.32. The van der Waals surface area contributed by atoms with Crippen molar-refractivity contribution in [3.63, 3.8) is 0 Å². The Bertz CT molecular complexity index is 858. The number of nitrogens with one attached hydrogen (secondary N) is 1. The van der Waals surface area contributed by atoms with Crippen LogP contribution in [-0.4, -0.2) is 31.0 Å². The van der Waals surface area contributed by atoms with Gasteiger partial charge in [-0.25, -0.2) is 4.79 Å². The van der Waals surface area contributed by atoms with Crippen LogP contribution in [0, 0.1) is 11.3 Å². The topological polar surface area (TPSA) is 81.7 Å². The molecule has 2 aromatic rings. The monoisotopic (exact) mass is 425 g/mol. The van der Waals surface area contributed by atoms with E-state index in [1.54, 1.807) is 0 Å². The Morgan fingerprint density at radius 2 is 1.45 bits per heavy atom. The average Bonchev–Trinajstić information content (AvgIpc) is 2.75. The van der Waals surface area contributed by atoms with Crippen LogP contribution in [0.2, 0.25) is 0 Å². The Hall–Kier alpha value is -3.15. The zero-order valence-electron chi connectivity index (χ0n) is 18.6. The molecule has 31 heavy (non-hydrogen) atoms. The first-order chi connectivity index (χ1) is 14.7. The van der Waals surface area contributed by atoms with E-state index in [1.807, 2.05) is 81.4 Å². The number of esters is 1. The summed E-state index contributed by atoms with van der Waals surface area (Å²) in [4.78, 5) is 37.8. The van der Waals surface area contributed by atoms with E-state index in [1.165, 1.54) is 7.11 Å². The molecule has 0 spiro atoms. The lowest BCUT2D eigenvalue weighted by Crippen LogP contribution is -2.50. The molecule has 2 atom stereocenters. The predicted molar refractivity (Wildman–Crippen MR) is 118 cm³/mol. The van der Waals surface area contributed by atoms with Crippen molar-refractivity contribution < 1.29 is 23.9 Å². The molecule has 0 aliphatic heterocycles. The largest absolute Gasteiger partial charge is 0.469 e. The highest BCUT2D eigenvalue weighted by atomic mass is 16.5. The molecular weight excluding hydrogens is 394 g/mol. The first kappa shape index (κ1) is 24.1. The highest BCUT2D eigenvalue weighted by molar-refractivity contribution is 5.91. The van der Waals surface area contributed by atoms with Gasteiger partial charge < -0.3 is 14.8 Å². The Labute approximate surface area is 183 Å². The molecule has 0 radical (unpaired) electrons. The number of methoxy groups -OCH3 is 1. The fraction of sp³-hybridized carbons (Fsp3) is 0.400. The molecule has 0 aliphatic rings. The Balaban J connectivity index is 2.06. The van der Waals surface area contributed by atoms with Crippen LogP contribution in [-0.2, 0) is 32.1 Å². The molecule has 1 amide bonds. The van der Waals surface area contributed by atoms with Gasteiger partial charge in [0.2, 0.25) is 0 Å². The molecule has 0 fully saturated rings. The molecule has 0 unspecified atom stereocenters. The normalized spacial score (nSPS) is 13.0. The summed E-state index contributed by atoms with van der Waals surface area (Å²) in [6, 6.07) is 18.0. The number of carbonyl (C=O) groups excluding carboxylic acids is 3. The van der Waals surface area contributed by atoms with Crippen molar-refractivity contribution >= 4 is 17.8 Å². The summed E-state index contributed by atoms with van der Waals surface area (Å²) in [5, 5.41) is 2.69. The third-order valence-corrected chi connectivity index (χ3v) is 4.97. The van der Waals surface area contributed by atoms with Crippen molar-refractivity contribution in [2.45, 2.75) is 46.3 Å². The van der Waals surface area contributed by atoms with Gasteiger partial charge in [0.05, 0.1) is 19.1 Å². The van der Waals surface area contributed by atoms with Gasteiger partial charge in [0.1, 0.15) is 6.61 Å². The van der Waals surface area contributed by atoms with Gasteiger partial charge in [-0.1, -0.05) is 81.4 Å². The van der Waals surface area contributed by atoms with Crippen molar-refractivity contribution in [2.24, 2.45) is 11.3 Å². The number of ketones is 1. The lowest BCUT2D eigenvalue weighted by Gasteiger charge is -2.30. The van der Waals surface area contributed by atoms with Crippen LogP contribution in [0.15, 0.2) is 60.7 Å². The number of benzene rings is 2. The lowest BCUT2D eigenvalue weighted by atomic mass is 9.81. The number of hydrogen-bond donors (Lipinski definition) is 1. The number of rotatable bonds is 9. The molecule has 1 N–H and O–H groups in total. The Morgan fingerprint density at radius 3 is 1.97 bits per heavy atom. The molecule has 166 valence electrons. The highest BCUT2D eigenvalue weighted by Crippen LogP contribution is 2.24. The lowest BCUT2D eigenvalue weighted by molar-refractivity contribution is -0.147. The van der Waals surface area contributed by atoms with E-state index in [-0.39, 0.29) is 18.8 Å². The molecular formula is C25H31NO5. The Kier molecular flexibility index (Phi) is 8.79. The van der Waals surface area contributed by atoms with Crippen LogP contribution < -0.4 is 5.32 Å². The van der Waals surface area contributed by atoms with Crippen molar-refractivity contribution in [2.75, 3.05) is 7.11 Å². The second-order valence-corrected chi connectivity index (χ2v) is 8.59. The number of ether oxygens (including phenoxy) is 2. The minimum absolute atomic E-state index is 0.0392. The summed E-state index contributed by atoms with van der Waals surface area (Å²) in [6.45, 7) is 5.68. The van der Waals surface area contributed by atoms with E-state index in [0.29, 0.717) is 6.42 Å². The second kappa shape index (κ2) is 11.3. The van der Waals surface area contributed by atoms with Crippen molar-refractivity contribution in [1.82, 2.24) is 5.32 Å². The van der Waals surface area contributed by atoms with Crippen molar-refractivity contribution in [1.29, 1.82) is 0 Å². The minimum atomic E-state index is -0.807. The molecule has 6 heteroatoms. The zero-order valence-corrected chi connectivity index (χ0v) is 18.6. The molecule has 0 heterocycles. The highest BCUT2D eigenvalue weighted by Gasteiger charge is 2.35. The maximum absolute atomic E-state index is 13.1. The summed E-state index contributed by atoms with van der Waals surface area (Å²) in [6.07, 6.45) is -0.327. The minimum Gasteiger partial charge on any atom is -0.469 e. The first-order valence-electron chi connectivity index (χ1n) is 10.3. The van der Waals surface area contributed by atoms with Gasteiger partial charge in [-0.2, -0.15) is 0 Å². The summed E-state index contributed by atoms with van der Waals surface area (Å²) in [5.41, 5.74) is 1.23. The predicted octanol–water partition coefficient (Wildman–Crippen LogP) is 4.32. The van der Waals surface area contributed by atoms with Crippen molar-refractivity contribution in [3.8, 4) is 0 Å². The number of alkyl carbamates (subject to hydrolysis) is 1. The van der Waals surface area contributed by atoms with Crippen LogP contribution in [0.4, 0.5) is 4.79 Å². The summed E-state index contributed by atoms with van der Waals surface area (Å²) >= 11 is 0. The van der Waals surface area contributed by atoms with Crippen LogP contribution in [0.1, 0.15) is 38.3 Å². The summed E-state index contributed by atoms with van der Waals surface area (Å²) in [7, 11) is 1.31. The van der Waals surface area contributed by atoms with Crippen LogP contribution in [0.5, 0.6) is 0 Å². The first-order valence-corrected chi connectivity index (χ1v) is 10.3. The van der Waals surface area contributed by atoms with E-state index in [4.69, 9.17) is 9.47 Å². The van der Waals surface area contributed by atoms with Gasteiger partial charge in [-0.15, -0.1) is 0 Å². The quantitative estimate of drug-likeness (QED) is 0.605. The standard InChI is InChI=1S/C25H31NO5/c1-25(2,3)22(26-24(29)31-17-19-13-9-6-10-14-19)21(27)16-20(23(28)30-4)15-18-11-7-5-8-12-18/h5-14,20,22H,15-17H2,1-4H3,(H,26,29)/t20-,22-/m1/s1. The van der Waals surface area contributed by atoms with Gasteiger partial charge in [0.25, 0.3) is 0 Å². The van der Waals surface area contributed by atoms with Crippen LogP contribution in [0.3, 0.4) is 0 Å². The SMILES string of the molecule is COC(=O)[C@@H](CC(=O)[C@@H](NC(=O)OCc1ccccc1)C(C)(C)C)Cc1ccccc1. The Morgan fingerprint density at radius 1 is 0.903 bits per heavy atom. The van der Waals surface area contributed by atoms with Gasteiger partial charge in [0, 0.05) is 6.42 Å². The molecule has 6 nitrogen and oxygen atoms in total. The van der Waals surface area contributed by atoms with Crippen LogP contribution >= 0.6 is 0 Å². The fourth-order valence-electron chi connectivity index (χ4n) is 3.33. The number of Topliss-reactive ketones (excluding diaryl/α,β-unsaturated/α-hetero) is 1. The maximum Gasteiger partial charge on any atom is 0.408 e. The molecule has 0 aromatic heterocycles. The molecule has 0 bridgehead atoms. The maximum atomic E-state index is 13.1. The van der Waals surface area contributed by atoms with E-state index < -0.39 is 29.4 Å². The smallest absolute Gasteiger partial charge is 0.408 e. The van der Waals surface area contributed by atoms with Gasteiger partial charge >= 0.3 is 12.1 Å². The number of hydrogen-bond acceptors (Lipinski definition) is 5. The zero-order chi connectivity index (χ0) is 22.9.